The molecule has 0 spiro atoms. The van der Waals surface area contributed by atoms with Crippen LogP contribution in [0.1, 0.15) is 22.8 Å². The van der Waals surface area contributed by atoms with E-state index in [2.05, 4.69) is 0 Å². The molecule has 2 aromatic carbocycles. The number of piperazine rings is 1. The first kappa shape index (κ1) is 20.0. The fraction of sp³-hybridized carbons (Fsp3) is 0.238. The Hall–Kier alpha value is -2.73. The molecule has 0 aliphatic carbocycles. The predicted molar refractivity (Wildman–Crippen MR) is 104 cm³/mol. The first-order valence-corrected chi connectivity index (χ1v) is 9.20. The van der Waals surface area contributed by atoms with Gasteiger partial charge in [-0.25, -0.2) is 8.78 Å². The summed E-state index contributed by atoms with van der Waals surface area (Å²) in [6.07, 6.45) is 1.52. The summed E-state index contributed by atoms with van der Waals surface area (Å²) >= 11 is 5.96. The average Bonchev–Trinajstić information content (AvgIpc) is 2.68. The van der Waals surface area contributed by atoms with Crippen LogP contribution in [-0.2, 0) is 4.79 Å². The molecular formula is C21H19ClF2N2O2. The second-order valence-electron chi connectivity index (χ2n) is 6.58. The summed E-state index contributed by atoms with van der Waals surface area (Å²) in [5, 5.41) is 0.0707. The largest absolute Gasteiger partial charge is 0.336 e. The Balaban J connectivity index is 1.61. The van der Waals surface area contributed by atoms with E-state index in [9.17, 15) is 18.4 Å². The molecule has 0 atom stereocenters. The third-order valence-corrected chi connectivity index (χ3v) is 4.99. The van der Waals surface area contributed by atoms with Crippen molar-refractivity contribution >= 4 is 29.0 Å². The van der Waals surface area contributed by atoms with Crippen molar-refractivity contribution in [2.24, 2.45) is 0 Å². The minimum absolute atomic E-state index is 0.0707. The Morgan fingerprint density at radius 2 is 1.50 bits per heavy atom. The first-order chi connectivity index (χ1) is 13.3. The Labute approximate surface area is 167 Å². The van der Waals surface area contributed by atoms with Crippen LogP contribution in [0, 0.1) is 11.6 Å². The minimum Gasteiger partial charge on any atom is -0.336 e. The van der Waals surface area contributed by atoms with Crippen molar-refractivity contribution in [1.82, 2.24) is 9.80 Å². The van der Waals surface area contributed by atoms with E-state index < -0.39 is 5.82 Å². The number of amides is 2. The zero-order valence-electron chi connectivity index (χ0n) is 15.3. The lowest BCUT2D eigenvalue weighted by Crippen LogP contribution is -2.50. The number of rotatable bonds is 3. The highest BCUT2D eigenvalue weighted by molar-refractivity contribution is 6.33. The maximum absolute atomic E-state index is 13.2. The molecule has 0 unspecified atom stereocenters. The van der Waals surface area contributed by atoms with Crippen LogP contribution in [0.4, 0.5) is 8.78 Å². The Kier molecular flexibility index (Phi) is 6.09. The molecule has 1 saturated heterocycles. The number of hydrogen-bond donors (Lipinski definition) is 0. The summed E-state index contributed by atoms with van der Waals surface area (Å²) < 4.78 is 26.2. The van der Waals surface area contributed by atoms with Crippen LogP contribution in [0.15, 0.2) is 48.5 Å². The number of hydrogen-bond acceptors (Lipinski definition) is 2. The van der Waals surface area contributed by atoms with Gasteiger partial charge in [-0.3, -0.25) is 9.59 Å². The van der Waals surface area contributed by atoms with Gasteiger partial charge in [0.25, 0.3) is 5.91 Å². The summed E-state index contributed by atoms with van der Waals surface area (Å²) in [6, 6.07) is 9.62. The molecule has 1 aliphatic rings. The van der Waals surface area contributed by atoms with E-state index in [1.807, 2.05) is 0 Å². The van der Waals surface area contributed by atoms with E-state index in [0.29, 0.717) is 26.2 Å². The number of benzene rings is 2. The summed E-state index contributed by atoms with van der Waals surface area (Å²) in [5.74, 6) is -1.27. The number of nitrogens with zero attached hydrogens (tertiary/aromatic N) is 2. The van der Waals surface area contributed by atoms with E-state index >= 15 is 0 Å². The van der Waals surface area contributed by atoms with Crippen molar-refractivity contribution in [1.29, 1.82) is 0 Å². The molecular weight excluding hydrogens is 386 g/mol. The first-order valence-electron chi connectivity index (χ1n) is 8.82. The predicted octanol–water partition coefficient (Wildman–Crippen LogP) is 4.01. The summed E-state index contributed by atoms with van der Waals surface area (Å²) in [7, 11) is 0. The zero-order chi connectivity index (χ0) is 20.3. The van der Waals surface area contributed by atoms with Gasteiger partial charge < -0.3 is 9.80 Å². The van der Waals surface area contributed by atoms with Gasteiger partial charge in [0, 0.05) is 32.3 Å². The zero-order valence-corrected chi connectivity index (χ0v) is 16.0. The summed E-state index contributed by atoms with van der Waals surface area (Å²) in [5.41, 5.74) is 1.76. The normalized spacial score (nSPS) is 14.9. The molecule has 146 valence electrons. The quantitative estimate of drug-likeness (QED) is 0.725. The molecule has 1 aliphatic heterocycles. The lowest BCUT2D eigenvalue weighted by Gasteiger charge is -2.34. The molecule has 1 heterocycles. The smallest absolute Gasteiger partial charge is 0.255 e. The number of carbonyl (C=O) groups excluding carboxylic acids is 2. The molecule has 2 amide bonds. The monoisotopic (exact) mass is 404 g/mol. The van der Waals surface area contributed by atoms with Gasteiger partial charge in [-0.05, 0) is 48.4 Å². The van der Waals surface area contributed by atoms with Gasteiger partial charge in [0.1, 0.15) is 11.6 Å². The van der Waals surface area contributed by atoms with Crippen LogP contribution in [-0.4, -0.2) is 47.8 Å². The van der Waals surface area contributed by atoms with Crippen LogP contribution >= 0.6 is 11.6 Å². The maximum atomic E-state index is 13.2. The maximum Gasteiger partial charge on any atom is 0.255 e. The molecule has 0 radical (unpaired) electrons. The van der Waals surface area contributed by atoms with Crippen LogP contribution in [0.2, 0.25) is 5.02 Å². The molecule has 7 heteroatoms. The summed E-state index contributed by atoms with van der Waals surface area (Å²) in [4.78, 5) is 28.3. The van der Waals surface area contributed by atoms with E-state index in [1.165, 1.54) is 30.3 Å². The Bertz CT molecular complexity index is 921. The highest BCUT2D eigenvalue weighted by atomic mass is 35.5. The van der Waals surface area contributed by atoms with Gasteiger partial charge in [0.05, 0.1) is 10.6 Å². The number of carbonyl (C=O) groups is 2. The molecule has 0 N–H and O–H groups in total. The summed E-state index contributed by atoms with van der Waals surface area (Å²) in [6.45, 7) is 3.29. The van der Waals surface area contributed by atoms with Gasteiger partial charge in [0.2, 0.25) is 5.91 Å². The van der Waals surface area contributed by atoms with Crippen molar-refractivity contribution in [2.45, 2.75) is 6.92 Å². The van der Waals surface area contributed by atoms with Crippen molar-refractivity contribution in [3.05, 3.63) is 76.3 Å². The second-order valence-corrected chi connectivity index (χ2v) is 6.98. The molecule has 0 bridgehead atoms. The highest BCUT2D eigenvalue weighted by Gasteiger charge is 2.25. The third-order valence-electron chi connectivity index (χ3n) is 4.68. The van der Waals surface area contributed by atoms with Crippen LogP contribution in [0.25, 0.3) is 5.57 Å². The van der Waals surface area contributed by atoms with Crippen LogP contribution < -0.4 is 0 Å². The van der Waals surface area contributed by atoms with Gasteiger partial charge in [-0.1, -0.05) is 23.7 Å². The number of allylic oxidation sites excluding steroid dienone is 1. The lowest BCUT2D eigenvalue weighted by molar-refractivity contribution is -0.127. The lowest BCUT2D eigenvalue weighted by atomic mass is 10.1. The van der Waals surface area contributed by atoms with E-state index in [-0.39, 0.29) is 28.2 Å². The topological polar surface area (TPSA) is 40.6 Å². The second kappa shape index (κ2) is 8.52. The molecule has 4 nitrogen and oxygen atoms in total. The average molecular weight is 405 g/mol. The Morgan fingerprint density at radius 3 is 2.11 bits per heavy atom. The van der Waals surface area contributed by atoms with E-state index in [4.69, 9.17) is 11.6 Å². The number of halogens is 3. The molecule has 28 heavy (non-hydrogen) atoms. The van der Waals surface area contributed by atoms with Crippen molar-refractivity contribution in [3.63, 3.8) is 0 Å². The van der Waals surface area contributed by atoms with Crippen molar-refractivity contribution in [2.75, 3.05) is 26.2 Å². The van der Waals surface area contributed by atoms with Crippen LogP contribution in [0.3, 0.4) is 0 Å². The van der Waals surface area contributed by atoms with Crippen molar-refractivity contribution in [3.8, 4) is 0 Å². The van der Waals surface area contributed by atoms with Crippen molar-refractivity contribution < 1.29 is 18.4 Å². The van der Waals surface area contributed by atoms with Crippen LogP contribution in [0.5, 0.6) is 0 Å². The minimum atomic E-state index is -0.500. The third kappa shape index (κ3) is 4.57. The SMILES string of the molecule is C/C(=C/C(=O)N1CCN(C(=O)c2ccc(F)cc2Cl)CC1)c1ccc(F)cc1. The molecule has 1 fully saturated rings. The highest BCUT2D eigenvalue weighted by Crippen LogP contribution is 2.20. The Morgan fingerprint density at radius 1 is 0.929 bits per heavy atom. The van der Waals surface area contributed by atoms with Gasteiger partial charge in [0.15, 0.2) is 0 Å². The molecule has 3 rings (SSSR count). The molecule has 0 aromatic heterocycles. The van der Waals surface area contributed by atoms with E-state index in [0.717, 1.165) is 17.2 Å². The molecule has 2 aromatic rings. The van der Waals surface area contributed by atoms with Gasteiger partial charge >= 0.3 is 0 Å². The molecule has 0 saturated carbocycles. The van der Waals surface area contributed by atoms with Gasteiger partial charge in [-0.15, -0.1) is 0 Å². The standard InChI is InChI=1S/C21H19ClF2N2O2/c1-14(15-2-4-16(23)5-3-15)12-20(27)25-8-10-26(11-9-25)21(28)18-7-6-17(24)13-19(18)22/h2-7,12-13H,8-11H2,1H3/b14-12-. The van der Waals surface area contributed by atoms with Gasteiger partial charge in [-0.2, -0.15) is 0 Å². The fourth-order valence-corrected chi connectivity index (χ4v) is 3.28. The fourth-order valence-electron chi connectivity index (χ4n) is 3.04. The van der Waals surface area contributed by atoms with E-state index in [1.54, 1.807) is 28.9 Å².